The Morgan fingerprint density at radius 3 is 2.72 bits per heavy atom. The number of carbonyl (C=O) groups excluding carboxylic acids is 1. The molecule has 6 nitrogen and oxygen atoms in total. The van der Waals surface area contributed by atoms with E-state index in [0.29, 0.717) is 17.7 Å². The molecule has 0 saturated carbocycles. The van der Waals surface area contributed by atoms with Crippen molar-refractivity contribution in [1.82, 2.24) is 10.2 Å². The Kier molecular flexibility index (Phi) is 4.87. The number of hydrogen-bond acceptors (Lipinski definition) is 4. The Balaban J connectivity index is 1.55. The van der Waals surface area contributed by atoms with Gasteiger partial charge in [-0.3, -0.25) is 9.89 Å². The third kappa shape index (κ3) is 3.51. The number of nitrogens with zero attached hydrogens (tertiary/aromatic N) is 2. The van der Waals surface area contributed by atoms with Gasteiger partial charge in [-0.15, -0.1) is 0 Å². The van der Waals surface area contributed by atoms with Crippen LogP contribution in [0, 0.1) is 17.5 Å². The Labute approximate surface area is 164 Å². The molecule has 4 rings (SSSR count). The van der Waals surface area contributed by atoms with Crippen molar-refractivity contribution < 1.29 is 22.7 Å². The maximum atomic E-state index is 14.7. The Morgan fingerprint density at radius 2 is 2.00 bits per heavy atom. The molecule has 9 heteroatoms. The number of anilines is 2. The minimum atomic E-state index is -0.708. The number of methoxy groups -OCH3 is 1. The summed E-state index contributed by atoms with van der Waals surface area (Å²) in [5.74, 6) is -2.24. The van der Waals surface area contributed by atoms with E-state index in [0.717, 1.165) is 12.1 Å². The summed E-state index contributed by atoms with van der Waals surface area (Å²) in [6.45, 7) is 0.218. The normalized spacial score (nSPS) is 16.3. The predicted octanol–water partition coefficient (Wildman–Crippen LogP) is 3.72. The van der Waals surface area contributed by atoms with Crippen LogP contribution in [-0.4, -0.2) is 35.8 Å². The van der Waals surface area contributed by atoms with Gasteiger partial charge < -0.3 is 15.0 Å². The van der Waals surface area contributed by atoms with Crippen molar-refractivity contribution in [1.29, 1.82) is 0 Å². The minimum Gasteiger partial charge on any atom is -0.494 e. The third-order valence-corrected chi connectivity index (χ3v) is 4.83. The number of benzene rings is 2. The second kappa shape index (κ2) is 7.50. The molecule has 1 fully saturated rings. The molecule has 29 heavy (non-hydrogen) atoms. The molecule has 1 amide bonds. The van der Waals surface area contributed by atoms with Gasteiger partial charge in [0.25, 0.3) is 0 Å². The summed E-state index contributed by atoms with van der Waals surface area (Å²) in [4.78, 5) is 14.0. The van der Waals surface area contributed by atoms with E-state index in [4.69, 9.17) is 4.74 Å². The van der Waals surface area contributed by atoms with Gasteiger partial charge in [-0.2, -0.15) is 5.10 Å². The fraction of sp³-hybridized carbons (Fsp3) is 0.200. The molecule has 1 aromatic heterocycles. The minimum absolute atomic E-state index is 0.0419. The number of aromatic amines is 1. The summed E-state index contributed by atoms with van der Waals surface area (Å²) in [5, 5.41) is 9.27. The summed E-state index contributed by atoms with van der Waals surface area (Å²) in [6, 6.07) is 5.55. The number of halogens is 3. The summed E-state index contributed by atoms with van der Waals surface area (Å²) < 4.78 is 47.7. The van der Waals surface area contributed by atoms with Crippen molar-refractivity contribution >= 4 is 17.3 Å². The summed E-state index contributed by atoms with van der Waals surface area (Å²) in [6.07, 6.45) is 3.22. The average Bonchev–Trinajstić information content (AvgIpc) is 3.36. The topological polar surface area (TPSA) is 70.2 Å². The number of H-pyrrole nitrogens is 1. The summed E-state index contributed by atoms with van der Waals surface area (Å²) in [7, 11) is 1.34. The van der Waals surface area contributed by atoms with E-state index in [9.17, 15) is 18.0 Å². The molecule has 150 valence electrons. The zero-order valence-corrected chi connectivity index (χ0v) is 15.4. The Hall–Kier alpha value is -3.49. The monoisotopic (exact) mass is 402 g/mol. The molecule has 0 radical (unpaired) electrons. The SMILES string of the molecule is COc1cc(NC2CCN(c3cc(F)c(-c4cn[nH]c4)cc3F)C2=O)ccc1F. The fourth-order valence-electron chi connectivity index (χ4n) is 3.37. The number of nitrogens with one attached hydrogen (secondary N) is 2. The van der Waals surface area contributed by atoms with Gasteiger partial charge in [-0.25, -0.2) is 13.2 Å². The van der Waals surface area contributed by atoms with Gasteiger partial charge in [0.15, 0.2) is 11.6 Å². The zero-order chi connectivity index (χ0) is 20.5. The van der Waals surface area contributed by atoms with Gasteiger partial charge in [0, 0.05) is 41.7 Å². The first-order valence-electron chi connectivity index (χ1n) is 8.87. The van der Waals surface area contributed by atoms with E-state index >= 15 is 0 Å². The molecule has 3 aromatic rings. The van der Waals surface area contributed by atoms with Crippen LogP contribution >= 0.6 is 0 Å². The second-order valence-corrected chi connectivity index (χ2v) is 6.60. The number of ether oxygens (including phenoxy) is 1. The van der Waals surface area contributed by atoms with Gasteiger partial charge in [-0.1, -0.05) is 0 Å². The highest BCUT2D eigenvalue weighted by Gasteiger charge is 2.34. The molecule has 1 unspecified atom stereocenters. The highest BCUT2D eigenvalue weighted by atomic mass is 19.1. The first-order valence-corrected chi connectivity index (χ1v) is 8.87. The largest absolute Gasteiger partial charge is 0.494 e. The summed E-state index contributed by atoms with van der Waals surface area (Å²) >= 11 is 0. The van der Waals surface area contributed by atoms with Crippen molar-refractivity contribution in [3.05, 3.63) is 60.2 Å². The van der Waals surface area contributed by atoms with E-state index in [1.807, 2.05) is 0 Å². The van der Waals surface area contributed by atoms with Crippen molar-refractivity contribution in [2.75, 3.05) is 23.9 Å². The van der Waals surface area contributed by atoms with Gasteiger partial charge in [0.05, 0.1) is 19.0 Å². The molecule has 1 saturated heterocycles. The third-order valence-electron chi connectivity index (χ3n) is 4.83. The van der Waals surface area contributed by atoms with E-state index in [-0.39, 0.29) is 23.5 Å². The highest BCUT2D eigenvalue weighted by molar-refractivity contribution is 6.01. The molecule has 1 aliphatic rings. The molecule has 0 bridgehead atoms. The lowest BCUT2D eigenvalue weighted by atomic mass is 10.1. The Morgan fingerprint density at radius 1 is 1.17 bits per heavy atom. The average molecular weight is 402 g/mol. The number of hydrogen-bond donors (Lipinski definition) is 2. The number of rotatable bonds is 5. The van der Waals surface area contributed by atoms with Crippen LogP contribution < -0.4 is 15.0 Å². The molecule has 2 heterocycles. The first kappa shape index (κ1) is 18.9. The molecule has 2 aromatic carbocycles. The lowest BCUT2D eigenvalue weighted by Crippen LogP contribution is -2.34. The van der Waals surface area contributed by atoms with E-state index in [1.165, 1.54) is 42.6 Å². The Bertz CT molecular complexity index is 1060. The molecule has 2 N–H and O–H groups in total. The van der Waals surface area contributed by atoms with E-state index in [1.54, 1.807) is 0 Å². The quantitative estimate of drug-likeness (QED) is 0.683. The van der Waals surface area contributed by atoms with Crippen LogP contribution in [0.1, 0.15) is 6.42 Å². The zero-order valence-electron chi connectivity index (χ0n) is 15.4. The van der Waals surface area contributed by atoms with Crippen LogP contribution in [0.5, 0.6) is 5.75 Å². The van der Waals surface area contributed by atoms with Crippen LogP contribution in [-0.2, 0) is 4.79 Å². The van der Waals surface area contributed by atoms with Gasteiger partial charge in [-0.05, 0) is 24.6 Å². The maximum Gasteiger partial charge on any atom is 0.249 e. The van der Waals surface area contributed by atoms with Crippen molar-refractivity contribution in [2.45, 2.75) is 12.5 Å². The summed E-state index contributed by atoms with van der Waals surface area (Å²) in [5.41, 5.74) is 0.830. The molecule has 1 aliphatic heterocycles. The molecule has 1 atom stereocenters. The second-order valence-electron chi connectivity index (χ2n) is 6.60. The molecule has 0 spiro atoms. The first-order chi connectivity index (χ1) is 14.0. The lowest BCUT2D eigenvalue weighted by Gasteiger charge is -2.19. The highest BCUT2D eigenvalue weighted by Crippen LogP contribution is 2.32. The number of carbonyl (C=O) groups is 1. The van der Waals surface area contributed by atoms with Gasteiger partial charge in [0.2, 0.25) is 5.91 Å². The van der Waals surface area contributed by atoms with Crippen molar-refractivity contribution in [3.8, 4) is 16.9 Å². The smallest absolute Gasteiger partial charge is 0.249 e. The maximum absolute atomic E-state index is 14.7. The molecule has 0 aliphatic carbocycles. The van der Waals surface area contributed by atoms with Gasteiger partial charge in [0.1, 0.15) is 17.7 Å². The fourth-order valence-corrected chi connectivity index (χ4v) is 3.37. The van der Waals surface area contributed by atoms with Crippen LogP contribution in [0.15, 0.2) is 42.7 Å². The predicted molar refractivity (Wildman–Crippen MR) is 101 cm³/mol. The van der Waals surface area contributed by atoms with Crippen LogP contribution in [0.25, 0.3) is 11.1 Å². The van der Waals surface area contributed by atoms with E-state index < -0.39 is 29.4 Å². The molecular weight excluding hydrogens is 385 g/mol. The lowest BCUT2D eigenvalue weighted by molar-refractivity contribution is -0.117. The van der Waals surface area contributed by atoms with E-state index in [2.05, 4.69) is 15.5 Å². The van der Waals surface area contributed by atoms with Gasteiger partial charge >= 0.3 is 0 Å². The number of aromatic nitrogens is 2. The van der Waals surface area contributed by atoms with Crippen LogP contribution in [0.3, 0.4) is 0 Å². The van der Waals surface area contributed by atoms with Crippen molar-refractivity contribution in [3.63, 3.8) is 0 Å². The van der Waals surface area contributed by atoms with Crippen LogP contribution in [0.2, 0.25) is 0 Å². The van der Waals surface area contributed by atoms with Crippen molar-refractivity contribution in [2.24, 2.45) is 0 Å². The molecular formula is C20H17F3N4O2. The standard InChI is InChI=1S/C20H17F3N4O2/c1-29-19-6-12(2-3-14(19)21)26-17-4-5-27(20(17)28)18-8-15(22)13(7-16(18)23)11-9-24-25-10-11/h2-3,6-10,17,26H,4-5H2,1H3,(H,24,25). The van der Waals surface area contributed by atoms with Crippen LogP contribution in [0.4, 0.5) is 24.5 Å². The number of amides is 1.